The van der Waals surface area contributed by atoms with E-state index in [-0.39, 0.29) is 12.0 Å². The van der Waals surface area contributed by atoms with Crippen molar-refractivity contribution in [3.8, 4) is 0 Å². The van der Waals surface area contributed by atoms with E-state index in [0.29, 0.717) is 12.2 Å². The predicted molar refractivity (Wildman–Crippen MR) is 66.0 cm³/mol. The first kappa shape index (κ1) is 13.3. The van der Waals surface area contributed by atoms with Crippen molar-refractivity contribution >= 4 is 0 Å². The molecule has 0 bridgehead atoms. The van der Waals surface area contributed by atoms with E-state index in [4.69, 9.17) is 9.47 Å². The lowest BCUT2D eigenvalue weighted by molar-refractivity contribution is -0.0955. The minimum atomic E-state index is 0.0506. The van der Waals surface area contributed by atoms with Gasteiger partial charge < -0.3 is 14.6 Å². The summed E-state index contributed by atoms with van der Waals surface area (Å²) in [4.78, 5) is 2.44. The van der Waals surface area contributed by atoms with E-state index in [1.54, 1.807) is 0 Å². The number of hydrogen-bond acceptors (Lipinski definition) is 4. The Bertz CT molecular complexity index is 231. The minimum absolute atomic E-state index is 0.0506. The van der Waals surface area contributed by atoms with Crippen LogP contribution in [0.2, 0.25) is 0 Å². The van der Waals surface area contributed by atoms with Gasteiger partial charge in [-0.1, -0.05) is 0 Å². The summed E-state index contributed by atoms with van der Waals surface area (Å²) in [6.07, 6.45) is 2.55. The Morgan fingerprint density at radius 3 is 2.29 bits per heavy atom. The Morgan fingerprint density at radius 1 is 1.18 bits per heavy atom. The van der Waals surface area contributed by atoms with Crippen molar-refractivity contribution in [2.45, 2.75) is 38.9 Å². The van der Waals surface area contributed by atoms with Crippen LogP contribution in [-0.2, 0) is 9.47 Å². The number of ether oxygens (including phenoxy) is 2. The summed E-state index contributed by atoms with van der Waals surface area (Å²) in [6.45, 7) is 9.03. The summed E-state index contributed by atoms with van der Waals surface area (Å²) in [6, 6.07) is 0. The standard InChI is InChI=1S/C13H25NO3/c1-11-7-14(8-12(2)17-11)9-13(10-15)3-5-16-6-4-13/h11-12,15H,3-10H2,1-2H3. The highest BCUT2D eigenvalue weighted by atomic mass is 16.5. The van der Waals surface area contributed by atoms with E-state index >= 15 is 0 Å². The molecule has 0 saturated carbocycles. The van der Waals surface area contributed by atoms with Crippen LogP contribution in [0.25, 0.3) is 0 Å². The molecule has 0 radical (unpaired) electrons. The third kappa shape index (κ3) is 3.41. The number of nitrogens with zero attached hydrogens (tertiary/aromatic N) is 1. The maximum Gasteiger partial charge on any atom is 0.0678 e. The van der Waals surface area contributed by atoms with Crippen molar-refractivity contribution in [2.75, 3.05) is 39.5 Å². The van der Waals surface area contributed by atoms with Crippen LogP contribution in [0.4, 0.5) is 0 Å². The van der Waals surface area contributed by atoms with Gasteiger partial charge in [-0.3, -0.25) is 4.90 Å². The second kappa shape index (κ2) is 5.65. The molecule has 2 unspecified atom stereocenters. The lowest BCUT2D eigenvalue weighted by Crippen LogP contribution is -2.51. The first-order chi connectivity index (χ1) is 8.13. The van der Waals surface area contributed by atoms with Gasteiger partial charge in [0.15, 0.2) is 0 Å². The van der Waals surface area contributed by atoms with Crippen molar-refractivity contribution in [1.82, 2.24) is 4.90 Å². The molecule has 1 N–H and O–H groups in total. The maximum atomic E-state index is 9.69. The number of aliphatic hydroxyl groups is 1. The van der Waals surface area contributed by atoms with Crippen molar-refractivity contribution < 1.29 is 14.6 Å². The molecule has 0 aromatic carbocycles. The molecule has 100 valence electrons. The smallest absolute Gasteiger partial charge is 0.0678 e. The molecule has 2 aliphatic heterocycles. The SMILES string of the molecule is CC1CN(CC2(CO)CCOCC2)CC(C)O1. The van der Waals surface area contributed by atoms with Crippen LogP contribution in [0.1, 0.15) is 26.7 Å². The molecule has 2 aliphatic rings. The Kier molecular flexibility index (Phi) is 4.42. The molecule has 0 aliphatic carbocycles. The van der Waals surface area contributed by atoms with E-state index < -0.39 is 0 Å². The summed E-state index contributed by atoms with van der Waals surface area (Å²) >= 11 is 0. The van der Waals surface area contributed by atoms with Crippen molar-refractivity contribution in [1.29, 1.82) is 0 Å². The van der Waals surface area contributed by atoms with E-state index in [9.17, 15) is 5.11 Å². The first-order valence-corrected chi connectivity index (χ1v) is 6.70. The third-order valence-corrected chi connectivity index (χ3v) is 3.94. The van der Waals surface area contributed by atoms with Crippen molar-refractivity contribution in [3.63, 3.8) is 0 Å². The molecule has 0 aromatic rings. The molecule has 0 spiro atoms. The highest BCUT2D eigenvalue weighted by Gasteiger charge is 2.35. The van der Waals surface area contributed by atoms with Gasteiger partial charge in [0.2, 0.25) is 0 Å². The van der Waals surface area contributed by atoms with Crippen molar-refractivity contribution in [2.24, 2.45) is 5.41 Å². The van der Waals surface area contributed by atoms with Crippen LogP contribution in [0.3, 0.4) is 0 Å². The second-order valence-electron chi connectivity index (χ2n) is 5.72. The molecule has 2 atom stereocenters. The van der Waals surface area contributed by atoms with Gasteiger partial charge in [-0.25, -0.2) is 0 Å². The molecule has 0 aromatic heterocycles. The monoisotopic (exact) mass is 243 g/mol. The van der Waals surface area contributed by atoms with E-state index in [1.165, 1.54) is 0 Å². The Hall–Kier alpha value is -0.160. The number of morpholine rings is 1. The Morgan fingerprint density at radius 2 is 1.76 bits per heavy atom. The van der Waals surface area contributed by atoms with Gasteiger partial charge in [-0.05, 0) is 26.7 Å². The lowest BCUT2D eigenvalue weighted by Gasteiger charge is -2.43. The fourth-order valence-electron chi connectivity index (χ4n) is 3.06. The minimum Gasteiger partial charge on any atom is -0.396 e. The molecule has 2 saturated heterocycles. The normalized spacial score (nSPS) is 34.8. The fourth-order valence-corrected chi connectivity index (χ4v) is 3.06. The van der Waals surface area contributed by atoms with Crippen LogP contribution < -0.4 is 0 Å². The summed E-state index contributed by atoms with van der Waals surface area (Å²) < 4.78 is 11.1. The maximum absolute atomic E-state index is 9.69. The van der Waals surface area contributed by atoms with E-state index in [1.807, 2.05) is 0 Å². The summed E-state index contributed by atoms with van der Waals surface area (Å²) in [5.74, 6) is 0. The highest BCUT2D eigenvalue weighted by molar-refractivity contribution is 4.87. The van der Waals surface area contributed by atoms with Gasteiger partial charge in [0.05, 0.1) is 18.8 Å². The third-order valence-electron chi connectivity index (χ3n) is 3.94. The summed E-state index contributed by atoms with van der Waals surface area (Å²) in [5.41, 5.74) is 0.0506. The van der Waals surface area contributed by atoms with Gasteiger partial charge in [0.1, 0.15) is 0 Å². The van der Waals surface area contributed by atoms with E-state index in [0.717, 1.165) is 45.7 Å². The average Bonchev–Trinajstić information content (AvgIpc) is 2.29. The number of rotatable bonds is 3. The molecular weight excluding hydrogens is 218 g/mol. The molecule has 2 fully saturated rings. The highest BCUT2D eigenvalue weighted by Crippen LogP contribution is 2.31. The van der Waals surface area contributed by atoms with Gasteiger partial charge in [-0.2, -0.15) is 0 Å². The molecular formula is C13H25NO3. The largest absolute Gasteiger partial charge is 0.396 e. The van der Waals surface area contributed by atoms with Crippen LogP contribution in [0.5, 0.6) is 0 Å². The average molecular weight is 243 g/mol. The van der Waals surface area contributed by atoms with Crippen LogP contribution in [-0.4, -0.2) is 61.7 Å². The zero-order valence-corrected chi connectivity index (χ0v) is 11.0. The predicted octanol–water partition coefficient (Wildman–Crippen LogP) is 0.885. The molecule has 4 nitrogen and oxygen atoms in total. The zero-order valence-electron chi connectivity index (χ0n) is 11.0. The van der Waals surface area contributed by atoms with E-state index in [2.05, 4.69) is 18.7 Å². The van der Waals surface area contributed by atoms with Gasteiger partial charge in [-0.15, -0.1) is 0 Å². The molecule has 0 amide bonds. The topological polar surface area (TPSA) is 41.9 Å². The first-order valence-electron chi connectivity index (χ1n) is 6.70. The molecule has 2 heterocycles. The Balaban J connectivity index is 1.93. The molecule has 17 heavy (non-hydrogen) atoms. The van der Waals surface area contributed by atoms with Crippen LogP contribution in [0.15, 0.2) is 0 Å². The van der Waals surface area contributed by atoms with Crippen LogP contribution >= 0.6 is 0 Å². The Labute approximate surface area is 104 Å². The second-order valence-corrected chi connectivity index (χ2v) is 5.72. The molecule has 2 rings (SSSR count). The summed E-state index contributed by atoms with van der Waals surface area (Å²) in [7, 11) is 0. The fraction of sp³-hybridized carbons (Fsp3) is 1.00. The quantitative estimate of drug-likeness (QED) is 0.799. The van der Waals surface area contributed by atoms with Crippen LogP contribution in [0, 0.1) is 5.41 Å². The number of hydrogen-bond donors (Lipinski definition) is 1. The van der Waals surface area contributed by atoms with Crippen molar-refractivity contribution in [3.05, 3.63) is 0 Å². The van der Waals surface area contributed by atoms with Gasteiger partial charge >= 0.3 is 0 Å². The van der Waals surface area contributed by atoms with Gasteiger partial charge in [0.25, 0.3) is 0 Å². The number of aliphatic hydroxyl groups excluding tert-OH is 1. The van der Waals surface area contributed by atoms with Gasteiger partial charge in [0, 0.05) is 38.3 Å². The summed E-state index contributed by atoms with van der Waals surface area (Å²) in [5, 5.41) is 9.69. The lowest BCUT2D eigenvalue weighted by atomic mass is 9.80. The molecule has 4 heteroatoms. The zero-order chi connectivity index (χ0) is 12.3.